The molecule has 0 unspecified atom stereocenters. The van der Waals surface area contributed by atoms with Crippen LogP contribution in [-0.2, 0) is 20.9 Å². The van der Waals surface area contributed by atoms with Gasteiger partial charge in [0.25, 0.3) is 5.91 Å². The summed E-state index contributed by atoms with van der Waals surface area (Å²) in [6.45, 7) is -0.130. The lowest BCUT2D eigenvalue weighted by molar-refractivity contribution is -0.142. The minimum Gasteiger partial charge on any atom is -0.452 e. The number of nitrogens with zero attached hydrogens (tertiary/aromatic N) is 2. The number of fused-ring (bicyclic) bond motifs is 1. The number of rotatable bonds is 7. The first-order valence-corrected chi connectivity index (χ1v) is 9.02. The number of esters is 1. The highest BCUT2D eigenvalue weighted by Crippen LogP contribution is 2.23. The number of nitrogens with one attached hydrogen (secondary N) is 1. The van der Waals surface area contributed by atoms with Gasteiger partial charge >= 0.3 is 5.97 Å². The van der Waals surface area contributed by atoms with Crippen LogP contribution in [0, 0.1) is 23.0 Å². The standard InChI is InChI=1S/C22H17F2N3O3/c23-16-7-8-18(24)19(12-16)26-21(28)14-30-22(29)9-6-15-13-27(11-3-10-25)20-5-2-1-4-17(15)20/h1-2,4-9,12-13H,3,11,14H2,(H,26,28)/b9-6+. The van der Waals surface area contributed by atoms with Gasteiger partial charge in [0.1, 0.15) is 11.6 Å². The molecule has 0 aliphatic rings. The second kappa shape index (κ2) is 9.47. The van der Waals surface area contributed by atoms with Crippen molar-refractivity contribution >= 4 is 34.5 Å². The van der Waals surface area contributed by atoms with Gasteiger partial charge in [-0.3, -0.25) is 4.79 Å². The van der Waals surface area contributed by atoms with Crippen LogP contribution in [0.5, 0.6) is 0 Å². The molecule has 8 heteroatoms. The van der Waals surface area contributed by atoms with E-state index in [-0.39, 0.29) is 5.69 Å². The van der Waals surface area contributed by atoms with Gasteiger partial charge in [-0.2, -0.15) is 5.26 Å². The number of aromatic nitrogens is 1. The number of hydrogen-bond donors (Lipinski definition) is 1. The van der Waals surface area contributed by atoms with Crippen molar-refractivity contribution in [2.75, 3.05) is 11.9 Å². The van der Waals surface area contributed by atoms with Gasteiger partial charge in [-0.1, -0.05) is 18.2 Å². The van der Waals surface area contributed by atoms with Crippen LogP contribution in [0.25, 0.3) is 17.0 Å². The molecule has 0 atom stereocenters. The summed E-state index contributed by atoms with van der Waals surface area (Å²) < 4.78 is 33.4. The molecule has 3 rings (SSSR count). The topological polar surface area (TPSA) is 84.1 Å². The second-order valence-electron chi connectivity index (χ2n) is 6.32. The first-order chi connectivity index (χ1) is 14.5. The average molecular weight is 409 g/mol. The summed E-state index contributed by atoms with van der Waals surface area (Å²) in [6.07, 6.45) is 4.90. The molecule has 30 heavy (non-hydrogen) atoms. The Kier molecular flexibility index (Phi) is 6.55. The molecule has 1 heterocycles. The Balaban J connectivity index is 1.61. The van der Waals surface area contributed by atoms with Crippen molar-refractivity contribution in [1.82, 2.24) is 4.57 Å². The lowest BCUT2D eigenvalue weighted by atomic mass is 10.1. The normalized spacial score (nSPS) is 10.8. The predicted molar refractivity (Wildman–Crippen MR) is 107 cm³/mol. The van der Waals surface area contributed by atoms with E-state index in [0.29, 0.717) is 13.0 Å². The fourth-order valence-corrected chi connectivity index (χ4v) is 2.89. The summed E-state index contributed by atoms with van der Waals surface area (Å²) in [5, 5.41) is 11.8. The molecular weight excluding hydrogens is 392 g/mol. The van der Waals surface area contributed by atoms with Crippen molar-refractivity contribution < 1.29 is 23.1 Å². The van der Waals surface area contributed by atoms with Gasteiger partial charge in [-0.15, -0.1) is 0 Å². The molecule has 1 aromatic heterocycles. The average Bonchev–Trinajstić information content (AvgIpc) is 3.09. The zero-order valence-corrected chi connectivity index (χ0v) is 15.8. The molecule has 0 saturated heterocycles. The molecule has 152 valence electrons. The minimum absolute atomic E-state index is 0.336. The summed E-state index contributed by atoms with van der Waals surface area (Å²) in [4.78, 5) is 23.7. The van der Waals surface area contributed by atoms with E-state index in [4.69, 9.17) is 10.00 Å². The van der Waals surface area contributed by atoms with Crippen LogP contribution in [-0.4, -0.2) is 23.1 Å². The maximum absolute atomic E-state index is 13.5. The van der Waals surface area contributed by atoms with E-state index in [9.17, 15) is 18.4 Å². The third-order valence-electron chi connectivity index (χ3n) is 4.23. The van der Waals surface area contributed by atoms with E-state index >= 15 is 0 Å². The molecule has 2 aromatic carbocycles. The van der Waals surface area contributed by atoms with Crippen molar-refractivity contribution in [2.45, 2.75) is 13.0 Å². The highest BCUT2D eigenvalue weighted by Gasteiger charge is 2.11. The third-order valence-corrected chi connectivity index (χ3v) is 4.23. The number of carbonyl (C=O) groups excluding carboxylic acids is 2. The van der Waals surface area contributed by atoms with E-state index < -0.39 is 30.1 Å². The maximum atomic E-state index is 13.5. The van der Waals surface area contributed by atoms with E-state index in [1.54, 1.807) is 6.08 Å². The van der Waals surface area contributed by atoms with Crippen molar-refractivity contribution in [3.8, 4) is 6.07 Å². The Morgan fingerprint density at radius 2 is 2.00 bits per heavy atom. The van der Waals surface area contributed by atoms with Crippen LogP contribution in [0.15, 0.2) is 54.7 Å². The Morgan fingerprint density at radius 3 is 2.80 bits per heavy atom. The van der Waals surface area contributed by atoms with E-state index in [1.165, 1.54) is 6.08 Å². The lowest BCUT2D eigenvalue weighted by Gasteiger charge is -2.06. The van der Waals surface area contributed by atoms with Crippen molar-refractivity contribution in [1.29, 1.82) is 5.26 Å². The van der Waals surface area contributed by atoms with Crippen LogP contribution in [0.4, 0.5) is 14.5 Å². The number of anilines is 1. The number of amides is 1. The molecule has 3 aromatic rings. The van der Waals surface area contributed by atoms with Crippen molar-refractivity contribution in [3.63, 3.8) is 0 Å². The number of aryl methyl sites for hydroxylation is 1. The number of halogens is 2. The van der Waals surface area contributed by atoms with Crippen molar-refractivity contribution in [2.24, 2.45) is 0 Å². The van der Waals surface area contributed by atoms with Crippen LogP contribution in [0.2, 0.25) is 0 Å². The zero-order chi connectivity index (χ0) is 21.5. The third kappa shape index (κ3) is 5.08. The monoisotopic (exact) mass is 409 g/mol. The fourth-order valence-electron chi connectivity index (χ4n) is 2.89. The zero-order valence-electron chi connectivity index (χ0n) is 15.8. The first-order valence-electron chi connectivity index (χ1n) is 9.02. The highest BCUT2D eigenvalue weighted by molar-refractivity contribution is 5.96. The van der Waals surface area contributed by atoms with Gasteiger partial charge in [0, 0.05) is 41.4 Å². The Labute approximate surface area is 171 Å². The molecule has 0 radical (unpaired) electrons. The van der Waals surface area contributed by atoms with Gasteiger partial charge in [0.2, 0.25) is 0 Å². The minimum atomic E-state index is -0.802. The number of benzene rings is 2. The van der Waals surface area contributed by atoms with Crippen LogP contribution in [0.3, 0.4) is 0 Å². The smallest absolute Gasteiger partial charge is 0.331 e. The molecule has 1 N–H and O–H groups in total. The maximum Gasteiger partial charge on any atom is 0.331 e. The fraction of sp³-hybridized carbons (Fsp3) is 0.136. The highest BCUT2D eigenvalue weighted by atomic mass is 19.1. The summed E-state index contributed by atoms with van der Waals surface area (Å²) in [7, 11) is 0. The van der Waals surface area contributed by atoms with Crippen LogP contribution < -0.4 is 5.32 Å². The Bertz CT molecular complexity index is 1160. The van der Waals surface area contributed by atoms with Crippen molar-refractivity contribution in [3.05, 3.63) is 71.9 Å². The molecule has 0 spiro atoms. The van der Waals surface area contributed by atoms with E-state index in [2.05, 4.69) is 11.4 Å². The van der Waals surface area contributed by atoms with Gasteiger partial charge in [0.05, 0.1) is 18.2 Å². The molecule has 6 nitrogen and oxygen atoms in total. The molecular formula is C22H17F2N3O3. The summed E-state index contributed by atoms with van der Waals surface area (Å²) >= 11 is 0. The molecule has 0 aliphatic heterocycles. The number of ether oxygens (including phenoxy) is 1. The van der Waals surface area contributed by atoms with Gasteiger partial charge in [-0.25, -0.2) is 13.6 Å². The Morgan fingerprint density at radius 1 is 1.20 bits per heavy atom. The number of hydrogen-bond acceptors (Lipinski definition) is 4. The molecule has 1 amide bonds. The number of nitriles is 1. The molecule has 0 saturated carbocycles. The summed E-state index contributed by atoms with van der Waals surface area (Å²) in [5.41, 5.74) is 1.35. The van der Waals surface area contributed by atoms with E-state index in [1.807, 2.05) is 35.0 Å². The molecule has 0 fully saturated rings. The summed E-state index contributed by atoms with van der Waals surface area (Å²) in [6, 6.07) is 12.3. The largest absolute Gasteiger partial charge is 0.452 e. The lowest BCUT2D eigenvalue weighted by Crippen LogP contribution is -2.20. The van der Waals surface area contributed by atoms with Crippen LogP contribution in [0.1, 0.15) is 12.0 Å². The first kappa shape index (κ1) is 20.7. The van der Waals surface area contributed by atoms with Gasteiger partial charge in [0.15, 0.2) is 6.61 Å². The predicted octanol–water partition coefficient (Wildman–Crippen LogP) is 4.03. The Hall–Kier alpha value is -3.99. The van der Waals surface area contributed by atoms with Crippen LogP contribution >= 0.6 is 0 Å². The molecule has 0 bridgehead atoms. The SMILES string of the molecule is N#CCCn1cc(/C=C/C(=O)OCC(=O)Nc2cc(F)ccc2F)c2ccccc21. The summed E-state index contributed by atoms with van der Waals surface area (Å²) in [5.74, 6) is -3.07. The van der Waals surface area contributed by atoms with Gasteiger partial charge in [-0.05, 0) is 24.3 Å². The number of para-hydroxylation sites is 1. The van der Waals surface area contributed by atoms with E-state index in [0.717, 1.165) is 34.7 Å². The number of carbonyl (C=O) groups is 2. The second-order valence-corrected chi connectivity index (χ2v) is 6.32. The quantitative estimate of drug-likeness (QED) is 0.472. The molecule has 0 aliphatic carbocycles. The van der Waals surface area contributed by atoms with Gasteiger partial charge < -0.3 is 14.6 Å².